The molecule has 3 heteroatoms. The first kappa shape index (κ1) is 10.1. The van der Waals surface area contributed by atoms with Gasteiger partial charge in [-0.3, -0.25) is 0 Å². The zero-order valence-corrected chi connectivity index (χ0v) is 9.00. The van der Waals surface area contributed by atoms with Crippen molar-refractivity contribution in [1.29, 1.82) is 0 Å². The molecule has 78 valence electrons. The lowest BCUT2D eigenvalue weighted by atomic mass is 10.0. The Balaban J connectivity index is 1.74. The van der Waals surface area contributed by atoms with Crippen molar-refractivity contribution in [2.24, 2.45) is 0 Å². The maximum absolute atomic E-state index is 9.83. The quantitative estimate of drug-likeness (QED) is 0.829. The molecule has 1 aromatic heterocycles. The van der Waals surface area contributed by atoms with Crippen molar-refractivity contribution >= 4 is 11.3 Å². The first-order valence-electron chi connectivity index (χ1n) is 5.17. The molecule has 0 saturated carbocycles. The van der Waals surface area contributed by atoms with Gasteiger partial charge in [-0.15, -0.1) is 0 Å². The smallest absolute Gasteiger partial charge is 0.0834 e. The molecule has 0 aromatic carbocycles. The first-order chi connectivity index (χ1) is 6.86. The van der Waals surface area contributed by atoms with E-state index in [9.17, 15) is 5.11 Å². The maximum Gasteiger partial charge on any atom is 0.0834 e. The van der Waals surface area contributed by atoms with Gasteiger partial charge in [0.05, 0.1) is 12.2 Å². The largest absolute Gasteiger partial charge is 0.390 e. The van der Waals surface area contributed by atoms with Gasteiger partial charge in [0.2, 0.25) is 0 Å². The fourth-order valence-electron chi connectivity index (χ4n) is 1.84. The van der Waals surface area contributed by atoms with Gasteiger partial charge in [-0.05, 0) is 48.1 Å². The van der Waals surface area contributed by atoms with E-state index in [0.29, 0.717) is 0 Å². The lowest BCUT2D eigenvalue weighted by Crippen LogP contribution is -2.25. The van der Waals surface area contributed by atoms with Gasteiger partial charge in [-0.2, -0.15) is 11.3 Å². The van der Waals surface area contributed by atoms with Crippen LogP contribution in [0.15, 0.2) is 16.8 Å². The van der Waals surface area contributed by atoms with E-state index in [2.05, 4.69) is 16.8 Å². The number of thiophene rings is 1. The van der Waals surface area contributed by atoms with E-state index in [-0.39, 0.29) is 12.2 Å². The fourth-order valence-corrected chi connectivity index (χ4v) is 2.54. The topological polar surface area (TPSA) is 29.5 Å². The summed E-state index contributed by atoms with van der Waals surface area (Å²) in [4.78, 5) is 0. The normalized spacial score (nSPS) is 23.9. The van der Waals surface area contributed by atoms with E-state index in [1.54, 1.807) is 11.3 Å². The van der Waals surface area contributed by atoms with Gasteiger partial charge in [0.25, 0.3) is 0 Å². The van der Waals surface area contributed by atoms with Crippen LogP contribution < -0.4 is 0 Å². The molecule has 1 saturated heterocycles. The van der Waals surface area contributed by atoms with Crippen LogP contribution in [0.3, 0.4) is 0 Å². The Labute approximate surface area is 88.5 Å². The summed E-state index contributed by atoms with van der Waals surface area (Å²) in [6.07, 6.45) is 3.71. The highest BCUT2D eigenvalue weighted by Crippen LogP contribution is 2.19. The van der Waals surface area contributed by atoms with Crippen molar-refractivity contribution in [2.45, 2.75) is 37.9 Å². The zero-order chi connectivity index (χ0) is 9.80. The third-order valence-corrected chi connectivity index (χ3v) is 3.43. The van der Waals surface area contributed by atoms with Gasteiger partial charge in [0, 0.05) is 6.61 Å². The highest BCUT2D eigenvalue weighted by atomic mass is 32.1. The molecule has 1 fully saturated rings. The fraction of sp³-hybridized carbons (Fsp3) is 0.636. The molecule has 0 spiro atoms. The molecule has 14 heavy (non-hydrogen) atoms. The molecule has 1 N–H and O–H groups in total. The molecule has 2 heterocycles. The van der Waals surface area contributed by atoms with E-state index >= 15 is 0 Å². The van der Waals surface area contributed by atoms with Crippen LogP contribution >= 0.6 is 11.3 Å². The minimum atomic E-state index is -0.280. The van der Waals surface area contributed by atoms with Gasteiger partial charge in [0.15, 0.2) is 0 Å². The second-order valence-electron chi connectivity index (χ2n) is 3.79. The molecular formula is C11H16O2S. The van der Waals surface area contributed by atoms with Gasteiger partial charge in [-0.25, -0.2) is 0 Å². The van der Waals surface area contributed by atoms with Gasteiger partial charge < -0.3 is 9.84 Å². The Hall–Kier alpha value is -0.380. The van der Waals surface area contributed by atoms with Crippen LogP contribution in [-0.4, -0.2) is 23.9 Å². The molecule has 2 nitrogen and oxygen atoms in total. The monoisotopic (exact) mass is 212 g/mol. The van der Waals surface area contributed by atoms with Crippen molar-refractivity contribution in [3.05, 3.63) is 22.4 Å². The van der Waals surface area contributed by atoms with Crippen molar-refractivity contribution < 1.29 is 9.84 Å². The third kappa shape index (κ3) is 2.56. The summed E-state index contributed by atoms with van der Waals surface area (Å²) in [5.41, 5.74) is 1.33. The molecular weight excluding hydrogens is 196 g/mol. The standard InChI is InChI=1S/C11H16O2S/c12-10(11-2-1-6-13-11)4-3-9-5-7-14-8-9/h5,7-8,10-12H,1-4,6H2. The van der Waals surface area contributed by atoms with E-state index in [0.717, 1.165) is 32.3 Å². The van der Waals surface area contributed by atoms with Gasteiger partial charge >= 0.3 is 0 Å². The summed E-state index contributed by atoms with van der Waals surface area (Å²) in [7, 11) is 0. The predicted octanol–water partition coefficient (Wildman–Crippen LogP) is 2.22. The Morgan fingerprint density at radius 3 is 3.21 bits per heavy atom. The number of hydrogen-bond donors (Lipinski definition) is 1. The van der Waals surface area contributed by atoms with Crippen molar-refractivity contribution in [2.75, 3.05) is 6.61 Å². The minimum Gasteiger partial charge on any atom is -0.390 e. The zero-order valence-electron chi connectivity index (χ0n) is 8.19. The van der Waals surface area contributed by atoms with E-state index in [1.807, 2.05) is 0 Å². The summed E-state index contributed by atoms with van der Waals surface area (Å²) in [6.45, 7) is 0.820. The Kier molecular flexibility index (Phi) is 3.56. The molecule has 0 aliphatic carbocycles. The van der Waals surface area contributed by atoms with Crippen LogP contribution in [-0.2, 0) is 11.2 Å². The van der Waals surface area contributed by atoms with E-state index in [4.69, 9.17) is 4.74 Å². The van der Waals surface area contributed by atoms with Crippen LogP contribution in [0, 0.1) is 0 Å². The molecule has 2 rings (SSSR count). The van der Waals surface area contributed by atoms with Crippen LogP contribution in [0.1, 0.15) is 24.8 Å². The molecule has 1 aliphatic rings. The molecule has 0 bridgehead atoms. The van der Waals surface area contributed by atoms with Crippen LogP contribution in [0.4, 0.5) is 0 Å². The van der Waals surface area contributed by atoms with E-state index < -0.39 is 0 Å². The molecule has 2 atom stereocenters. The highest BCUT2D eigenvalue weighted by Gasteiger charge is 2.23. The summed E-state index contributed by atoms with van der Waals surface area (Å²) in [6, 6.07) is 2.12. The number of hydrogen-bond acceptors (Lipinski definition) is 3. The molecule has 0 radical (unpaired) electrons. The number of aliphatic hydroxyl groups is 1. The number of aryl methyl sites for hydroxylation is 1. The number of aliphatic hydroxyl groups excluding tert-OH is 1. The number of rotatable bonds is 4. The van der Waals surface area contributed by atoms with Crippen LogP contribution in [0.2, 0.25) is 0 Å². The van der Waals surface area contributed by atoms with Crippen LogP contribution in [0.5, 0.6) is 0 Å². The lowest BCUT2D eigenvalue weighted by Gasteiger charge is -2.16. The van der Waals surface area contributed by atoms with Crippen LogP contribution in [0.25, 0.3) is 0 Å². The van der Waals surface area contributed by atoms with Crippen molar-refractivity contribution in [3.63, 3.8) is 0 Å². The Morgan fingerprint density at radius 1 is 1.64 bits per heavy atom. The minimum absolute atomic E-state index is 0.0913. The number of ether oxygens (including phenoxy) is 1. The highest BCUT2D eigenvalue weighted by molar-refractivity contribution is 7.07. The summed E-state index contributed by atoms with van der Waals surface area (Å²) in [5.74, 6) is 0. The van der Waals surface area contributed by atoms with Gasteiger partial charge in [0.1, 0.15) is 0 Å². The Bertz CT molecular complexity index is 252. The third-order valence-electron chi connectivity index (χ3n) is 2.70. The van der Waals surface area contributed by atoms with Crippen molar-refractivity contribution in [1.82, 2.24) is 0 Å². The maximum atomic E-state index is 9.83. The molecule has 2 unspecified atom stereocenters. The van der Waals surface area contributed by atoms with E-state index in [1.165, 1.54) is 5.56 Å². The SMILES string of the molecule is OC(CCc1ccsc1)C1CCCO1. The van der Waals surface area contributed by atoms with Crippen molar-refractivity contribution in [3.8, 4) is 0 Å². The Morgan fingerprint density at radius 2 is 2.57 bits per heavy atom. The summed E-state index contributed by atoms with van der Waals surface area (Å²) in [5, 5.41) is 14.0. The second kappa shape index (κ2) is 4.91. The first-order valence-corrected chi connectivity index (χ1v) is 6.11. The average Bonchev–Trinajstić information content (AvgIpc) is 2.87. The molecule has 0 amide bonds. The molecule has 1 aliphatic heterocycles. The predicted molar refractivity (Wildman–Crippen MR) is 57.6 cm³/mol. The summed E-state index contributed by atoms with van der Waals surface area (Å²) < 4.78 is 5.44. The molecule has 1 aromatic rings. The van der Waals surface area contributed by atoms with Gasteiger partial charge in [-0.1, -0.05) is 0 Å². The average molecular weight is 212 g/mol. The summed E-state index contributed by atoms with van der Waals surface area (Å²) >= 11 is 1.71. The lowest BCUT2D eigenvalue weighted by molar-refractivity contribution is -0.00500. The second-order valence-corrected chi connectivity index (χ2v) is 4.57.